The van der Waals surface area contributed by atoms with E-state index in [0.29, 0.717) is 30.2 Å². The smallest absolute Gasteiger partial charge is 0.270 e. The zero-order valence-electron chi connectivity index (χ0n) is 19.1. The van der Waals surface area contributed by atoms with Crippen molar-refractivity contribution in [2.75, 3.05) is 19.2 Å². The van der Waals surface area contributed by atoms with Gasteiger partial charge in [-0.05, 0) is 62.1 Å². The van der Waals surface area contributed by atoms with Gasteiger partial charge in [0.25, 0.3) is 5.91 Å². The van der Waals surface area contributed by atoms with Crippen LogP contribution in [0.4, 0.5) is 5.69 Å². The molecule has 0 bridgehead atoms. The summed E-state index contributed by atoms with van der Waals surface area (Å²) in [5.74, 6) is 1.20. The van der Waals surface area contributed by atoms with Crippen LogP contribution < -0.4 is 14.5 Å². The Morgan fingerprint density at radius 2 is 1.88 bits per heavy atom. The van der Waals surface area contributed by atoms with Crippen molar-refractivity contribution >= 4 is 23.2 Å². The molecule has 0 spiro atoms. The molecule has 0 radical (unpaired) electrons. The van der Waals surface area contributed by atoms with E-state index in [1.807, 2.05) is 55.1 Å². The zero-order chi connectivity index (χ0) is 22.8. The summed E-state index contributed by atoms with van der Waals surface area (Å²) in [5, 5.41) is 5.94. The largest absolute Gasteiger partial charge is 0.497 e. The third-order valence-electron chi connectivity index (χ3n) is 5.95. The zero-order valence-corrected chi connectivity index (χ0v) is 19.1. The lowest BCUT2D eigenvalue weighted by molar-refractivity contribution is -0.125. The van der Waals surface area contributed by atoms with Gasteiger partial charge in [-0.1, -0.05) is 12.1 Å². The number of hydrazone groups is 1. The number of hydrogen-bond acceptors (Lipinski definition) is 5. The van der Waals surface area contributed by atoms with E-state index >= 15 is 0 Å². The topological polar surface area (TPSA) is 71.4 Å². The van der Waals surface area contributed by atoms with E-state index in [-0.39, 0.29) is 24.3 Å². The van der Waals surface area contributed by atoms with E-state index in [1.165, 1.54) is 5.01 Å². The van der Waals surface area contributed by atoms with Crippen LogP contribution in [0, 0.1) is 13.8 Å². The molecule has 7 nitrogen and oxygen atoms in total. The van der Waals surface area contributed by atoms with Crippen molar-refractivity contribution < 1.29 is 19.1 Å². The Labute approximate surface area is 188 Å². The summed E-state index contributed by atoms with van der Waals surface area (Å²) in [5.41, 5.74) is 4.01. The Kier molecular flexibility index (Phi) is 6.17. The Hall–Kier alpha value is -3.35. The van der Waals surface area contributed by atoms with Crippen molar-refractivity contribution in [3.8, 4) is 11.5 Å². The van der Waals surface area contributed by atoms with Crippen LogP contribution in [0.15, 0.2) is 41.5 Å². The molecule has 0 saturated heterocycles. The highest BCUT2D eigenvalue weighted by molar-refractivity contribution is 6.40. The van der Waals surface area contributed by atoms with Gasteiger partial charge in [-0.2, -0.15) is 5.10 Å². The second-order valence-electron chi connectivity index (χ2n) is 8.38. The number of rotatable bonds is 7. The summed E-state index contributed by atoms with van der Waals surface area (Å²) in [6.45, 7) is 4.32. The van der Waals surface area contributed by atoms with E-state index in [9.17, 15) is 9.59 Å². The lowest BCUT2D eigenvalue weighted by Gasteiger charge is -2.28. The first-order valence-electron chi connectivity index (χ1n) is 10.9. The molecule has 0 atom stereocenters. The number of nitrogens with zero attached hydrogens (tertiary/aromatic N) is 3. The van der Waals surface area contributed by atoms with Crippen LogP contribution in [-0.2, 0) is 16.1 Å². The predicted molar refractivity (Wildman–Crippen MR) is 123 cm³/mol. The molecule has 1 aliphatic carbocycles. The first kappa shape index (κ1) is 21.9. The minimum Gasteiger partial charge on any atom is -0.497 e. The minimum absolute atomic E-state index is 0.0947. The standard InChI is InChI=1S/C25H29N3O4/c1-16-5-6-17(2)22(13-16)28-24(29)12-10-21(26-28)25(30)27(19-7-8-19)15-18-14-20(31-3)9-11-23(18)32-4/h5-6,9,11,13-14,19H,7-8,10,12,15H2,1-4H3. The lowest BCUT2D eigenvalue weighted by Crippen LogP contribution is -2.42. The van der Waals surface area contributed by atoms with Gasteiger partial charge in [-0.3, -0.25) is 9.59 Å². The molecule has 1 aliphatic heterocycles. The Balaban J connectivity index is 1.64. The summed E-state index contributed by atoms with van der Waals surface area (Å²) in [6.07, 6.45) is 2.53. The normalized spacial score (nSPS) is 15.9. The van der Waals surface area contributed by atoms with E-state index in [0.717, 1.165) is 35.2 Å². The minimum atomic E-state index is -0.125. The fourth-order valence-corrected chi connectivity index (χ4v) is 3.95. The number of carbonyl (C=O) groups excluding carboxylic acids is 2. The molecule has 2 amide bonds. The van der Waals surface area contributed by atoms with Crippen LogP contribution in [0.5, 0.6) is 11.5 Å². The van der Waals surface area contributed by atoms with Crippen molar-refractivity contribution in [3.63, 3.8) is 0 Å². The molecule has 2 aromatic rings. The molecule has 0 unspecified atom stereocenters. The Morgan fingerprint density at radius 1 is 1.09 bits per heavy atom. The average Bonchev–Trinajstić information content (AvgIpc) is 3.64. The predicted octanol–water partition coefficient (Wildman–Crippen LogP) is 3.99. The van der Waals surface area contributed by atoms with Crippen molar-refractivity contribution in [1.29, 1.82) is 0 Å². The second-order valence-corrected chi connectivity index (χ2v) is 8.38. The molecular formula is C25H29N3O4. The summed E-state index contributed by atoms with van der Waals surface area (Å²) in [6, 6.07) is 11.7. The maximum atomic E-state index is 13.6. The van der Waals surface area contributed by atoms with Crippen molar-refractivity contribution in [2.45, 2.75) is 52.1 Å². The molecule has 4 rings (SSSR count). The summed E-state index contributed by atoms with van der Waals surface area (Å²) < 4.78 is 10.9. The number of ether oxygens (including phenoxy) is 2. The van der Waals surface area contributed by atoms with Crippen LogP contribution >= 0.6 is 0 Å². The van der Waals surface area contributed by atoms with Gasteiger partial charge in [0.1, 0.15) is 17.2 Å². The van der Waals surface area contributed by atoms with Gasteiger partial charge in [-0.25, -0.2) is 5.01 Å². The highest BCUT2D eigenvalue weighted by Gasteiger charge is 2.37. The molecule has 168 valence electrons. The maximum Gasteiger partial charge on any atom is 0.270 e. The van der Waals surface area contributed by atoms with Crippen LogP contribution in [0.1, 0.15) is 42.4 Å². The number of amides is 2. The average molecular weight is 436 g/mol. The van der Waals surface area contributed by atoms with Gasteiger partial charge in [0.2, 0.25) is 5.91 Å². The maximum absolute atomic E-state index is 13.6. The quantitative estimate of drug-likeness (QED) is 0.659. The molecular weight excluding hydrogens is 406 g/mol. The molecule has 7 heteroatoms. The molecule has 2 aliphatic rings. The SMILES string of the molecule is COc1ccc(OC)c(CN(C(=O)C2=NN(c3cc(C)ccc3C)C(=O)CC2)C2CC2)c1. The number of carbonyl (C=O) groups is 2. The van der Waals surface area contributed by atoms with Crippen molar-refractivity contribution in [3.05, 3.63) is 53.1 Å². The third kappa shape index (κ3) is 4.47. The van der Waals surface area contributed by atoms with Gasteiger partial charge in [0, 0.05) is 24.4 Å². The number of aryl methyl sites for hydroxylation is 2. The second kappa shape index (κ2) is 9.02. The molecule has 1 saturated carbocycles. The van der Waals surface area contributed by atoms with E-state index in [4.69, 9.17) is 9.47 Å². The van der Waals surface area contributed by atoms with E-state index in [2.05, 4.69) is 5.10 Å². The van der Waals surface area contributed by atoms with Crippen molar-refractivity contribution in [1.82, 2.24) is 4.90 Å². The van der Waals surface area contributed by atoms with E-state index < -0.39 is 0 Å². The molecule has 0 aromatic heterocycles. The molecule has 32 heavy (non-hydrogen) atoms. The van der Waals surface area contributed by atoms with E-state index in [1.54, 1.807) is 14.2 Å². The number of anilines is 1. The van der Waals surface area contributed by atoms with Crippen LogP contribution in [-0.4, -0.2) is 42.7 Å². The molecule has 2 aromatic carbocycles. The summed E-state index contributed by atoms with van der Waals surface area (Å²) >= 11 is 0. The molecule has 0 N–H and O–H groups in total. The van der Waals surface area contributed by atoms with Gasteiger partial charge in [0.05, 0.1) is 26.5 Å². The molecule has 1 fully saturated rings. The van der Waals surface area contributed by atoms with Gasteiger partial charge in [-0.15, -0.1) is 0 Å². The number of hydrogen-bond donors (Lipinski definition) is 0. The Morgan fingerprint density at radius 3 is 2.56 bits per heavy atom. The molecule has 1 heterocycles. The third-order valence-corrected chi connectivity index (χ3v) is 5.95. The highest BCUT2D eigenvalue weighted by atomic mass is 16.5. The fraction of sp³-hybridized carbons (Fsp3) is 0.400. The van der Waals surface area contributed by atoms with Crippen LogP contribution in [0.3, 0.4) is 0 Å². The van der Waals surface area contributed by atoms with Crippen LogP contribution in [0.25, 0.3) is 0 Å². The monoisotopic (exact) mass is 435 g/mol. The van der Waals surface area contributed by atoms with Gasteiger partial charge in [0.15, 0.2) is 0 Å². The first-order valence-corrected chi connectivity index (χ1v) is 10.9. The van der Waals surface area contributed by atoms with Crippen molar-refractivity contribution in [2.24, 2.45) is 5.10 Å². The first-order chi connectivity index (χ1) is 15.4. The highest BCUT2D eigenvalue weighted by Crippen LogP contribution is 2.33. The van der Waals surface area contributed by atoms with Crippen LogP contribution in [0.2, 0.25) is 0 Å². The van der Waals surface area contributed by atoms with Gasteiger partial charge < -0.3 is 14.4 Å². The lowest BCUT2D eigenvalue weighted by atomic mass is 10.1. The van der Waals surface area contributed by atoms with Gasteiger partial charge >= 0.3 is 0 Å². The summed E-state index contributed by atoms with van der Waals surface area (Å²) in [4.78, 5) is 28.1. The summed E-state index contributed by atoms with van der Waals surface area (Å²) in [7, 11) is 3.23. The number of methoxy groups -OCH3 is 2. The fourth-order valence-electron chi connectivity index (χ4n) is 3.95. The Bertz CT molecular complexity index is 1070. The number of benzene rings is 2.